The first-order valence-corrected chi connectivity index (χ1v) is 6.56. The third kappa shape index (κ3) is 3.20. The molecule has 1 aliphatic rings. The Kier molecular flexibility index (Phi) is 3.74. The highest BCUT2D eigenvalue weighted by Gasteiger charge is 2.42. The largest absolute Gasteiger partial charge is 0.314 e. The quantitative estimate of drug-likeness (QED) is 0.844. The van der Waals surface area contributed by atoms with E-state index in [1.165, 1.54) is 12.8 Å². The number of rotatable bonds is 5. The Labute approximate surface area is 107 Å². The van der Waals surface area contributed by atoms with Gasteiger partial charge in [-0.1, -0.05) is 37.6 Å². The summed E-state index contributed by atoms with van der Waals surface area (Å²) in [7, 11) is 0. The van der Waals surface area contributed by atoms with E-state index in [4.69, 9.17) is 11.6 Å². The Balaban J connectivity index is 2.03. The first-order valence-electron chi connectivity index (χ1n) is 6.19. The van der Waals surface area contributed by atoms with Crippen LogP contribution in [0.4, 0.5) is 4.39 Å². The molecule has 0 radical (unpaired) electrons. The summed E-state index contributed by atoms with van der Waals surface area (Å²) >= 11 is 5.80. The molecular weight excluding hydrogens is 237 g/mol. The van der Waals surface area contributed by atoms with Crippen LogP contribution in [-0.4, -0.2) is 12.6 Å². The van der Waals surface area contributed by atoms with E-state index in [1.807, 2.05) is 12.1 Å². The lowest BCUT2D eigenvalue weighted by atomic mass is 9.96. The Hall–Kier alpha value is -0.600. The van der Waals surface area contributed by atoms with Crippen molar-refractivity contribution >= 4 is 11.6 Å². The van der Waals surface area contributed by atoms with E-state index >= 15 is 0 Å². The van der Waals surface area contributed by atoms with Gasteiger partial charge >= 0.3 is 0 Å². The van der Waals surface area contributed by atoms with Crippen molar-refractivity contribution in [3.8, 4) is 0 Å². The molecule has 3 heteroatoms. The Morgan fingerprint density at radius 1 is 1.41 bits per heavy atom. The maximum Gasteiger partial charge on any atom is 0.144 e. The van der Waals surface area contributed by atoms with E-state index in [2.05, 4.69) is 19.2 Å². The predicted octanol–water partition coefficient (Wildman–Crippen LogP) is 3.80. The molecular formula is C14H19ClFN. The van der Waals surface area contributed by atoms with Crippen molar-refractivity contribution in [2.24, 2.45) is 5.41 Å². The third-order valence-corrected chi connectivity index (χ3v) is 3.73. The number of hydrogen-bond acceptors (Lipinski definition) is 1. The molecule has 1 aliphatic carbocycles. The van der Waals surface area contributed by atoms with Crippen molar-refractivity contribution in [1.29, 1.82) is 0 Å². The van der Waals surface area contributed by atoms with E-state index < -0.39 is 0 Å². The van der Waals surface area contributed by atoms with Gasteiger partial charge in [0.05, 0.1) is 5.02 Å². The van der Waals surface area contributed by atoms with Crippen LogP contribution >= 0.6 is 11.6 Å². The predicted molar refractivity (Wildman–Crippen MR) is 69.9 cm³/mol. The second-order valence-electron chi connectivity index (χ2n) is 5.43. The Morgan fingerprint density at radius 3 is 2.71 bits per heavy atom. The van der Waals surface area contributed by atoms with Crippen LogP contribution in [0.3, 0.4) is 0 Å². The molecule has 1 N–H and O–H groups in total. The van der Waals surface area contributed by atoms with Gasteiger partial charge in [0.2, 0.25) is 0 Å². The molecule has 0 aliphatic heterocycles. The number of benzene rings is 1. The number of hydrogen-bond donors (Lipinski definition) is 1. The lowest BCUT2D eigenvalue weighted by Gasteiger charge is -2.18. The summed E-state index contributed by atoms with van der Waals surface area (Å²) in [6.45, 7) is 5.24. The lowest BCUT2D eigenvalue weighted by Crippen LogP contribution is -2.31. The molecule has 2 rings (SSSR count). The second-order valence-corrected chi connectivity index (χ2v) is 5.83. The van der Waals surface area contributed by atoms with Crippen LogP contribution in [0.1, 0.15) is 32.3 Å². The molecule has 1 saturated carbocycles. The Morgan fingerprint density at radius 2 is 2.12 bits per heavy atom. The van der Waals surface area contributed by atoms with Crippen LogP contribution in [0.2, 0.25) is 5.02 Å². The van der Waals surface area contributed by atoms with Gasteiger partial charge in [-0.2, -0.15) is 0 Å². The lowest BCUT2D eigenvalue weighted by molar-refractivity contribution is 0.423. The maximum atomic E-state index is 13.8. The summed E-state index contributed by atoms with van der Waals surface area (Å²) in [4.78, 5) is 0. The van der Waals surface area contributed by atoms with Crippen molar-refractivity contribution in [3.05, 3.63) is 34.6 Å². The molecule has 0 spiro atoms. The fourth-order valence-corrected chi connectivity index (χ4v) is 2.30. The Bertz CT molecular complexity index is 399. The second kappa shape index (κ2) is 4.95. The third-order valence-electron chi connectivity index (χ3n) is 3.44. The van der Waals surface area contributed by atoms with Crippen LogP contribution in [0.5, 0.6) is 0 Å². The zero-order valence-corrected chi connectivity index (χ0v) is 11.1. The first kappa shape index (κ1) is 12.8. The minimum Gasteiger partial charge on any atom is -0.314 e. The molecule has 0 aromatic heterocycles. The molecule has 1 aromatic carbocycles. The van der Waals surface area contributed by atoms with Gasteiger partial charge < -0.3 is 5.32 Å². The maximum absolute atomic E-state index is 13.8. The summed E-state index contributed by atoms with van der Waals surface area (Å²) in [6, 6.07) is 5.76. The van der Waals surface area contributed by atoms with Gasteiger partial charge in [0.15, 0.2) is 0 Å². The molecule has 1 aromatic rings. The summed E-state index contributed by atoms with van der Waals surface area (Å²) in [6.07, 6.45) is 3.15. The van der Waals surface area contributed by atoms with Gasteiger partial charge in [0.1, 0.15) is 5.82 Å². The molecule has 0 bridgehead atoms. The van der Waals surface area contributed by atoms with Gasteiger partial charge in [-0.05, 0) is 36.3 Å². The van der Waals surface area contributed by atoms with Crippen molar-refractivity contribution in [3.63, 3.8) is 0 Å². The first-order chi connectivity index (χ1) is 8.02. The molecule has 0 heterocycles. The molecule has 94 valence electrons. The van der Waals surface area contributed by atoms with Gasteiger partial charge in [0, 0.05) is 12.6 Å². The topological polar surface area (TPSA) is 12.0 Å². The van der Waals surface area contributed by atoms with Crippen LogP contribution < -0.4 is 5.32 Å². The average Bonchev–Trinajstić information content (AvgIpc) is 3.03. The summed E-state index contributed by atoms with van der Waals surface area (Å²) in [5, 5.41) is 3.68. The standard InChI is InChI=1S/C14H19ClFN/c1-10(2)17-9-14(6-7-14)8-11-4-3-5-12(15)13(11)16/h3-5,10,17H,6-9H2,1-2H3. The molecule has 0 amide bonds. The van der Waals surface area contributed by atoms with Crippen LogP contribution in [0, 0.1) is 11.2 Å². The molecule has 0 atom stereocenters. The van der Waals surface area contributed by atoms with Crippen molar-refractivity contribution < 1.29 is 4.39 Å². The summed E-state index contributed by atoms with van der Waals surface area (Å²) < 4.78 is 13.8. The molecule has 0 unspecified atom stereocenters. The highest BCUT2D eigenvalue weighted by Crippen LogP contribution is 2.48. The van der Waals surface area contributed by atoms with Crippen LogP contribution in [-0.2, 0) is 6.42 Å². The number of nitrogens with one attached hydrogen (secondary N) is 1. The molecule has 0 saturated heterocycles. The highest BCUT2D eigenvalue weighted by molar-refractivity contribution is 6.30. The van der Waals surface area contributed by atoms with Gasteiger partial charge in [-0.15, -0.1) is 0 Å². The van der Waals surface area contributed by atoms with Crippen molar-refractivity contribution in [2.75, 3.05) is 6.54 Å². The van der Waals surface area contributed by atoms with Crippen molar-refractivity contribution in [1.82, 2.24) is 5.32 Å². The van der Waals surface area contributed by atoms with E-state index in [0.29, 0.717) is 6.04 Å². The average molecular weight is 256 g/mol. The molecule has 1 fully saturated rings. The van der Waals surface area contributed by atoms with Gasteiger partial charge in [-0.25, -0.2) is 4.39 Å². The monoisotopic (exact) mass is 255 g/mol. The molecule has 17 heavy (non-hydrogen) atoms. The van der Waals surface area contributed by atoms with Crippen LogP contribution in [0.25, 0.3) is 0 Å². The van der Waals surface area contributed by atoms with E-state index in [1.54, 1.807) is 6.07 Å². The summed E-state index contributed by atoms with van der Waals surface area (Å²) in [5.74, 6) is -0.245. The summed E-state index contributed by atoms with van der Waals surface area (Å²) in [5.41, 5.74) is 1.01. The van der Waals surface area contributed by atoms with E-state index in [9.17, 15) is 4.39 Å². The minimum absolute atomic E-state index is 0.232. The fraction of sp³-hybridized carbons (Fsp3) is 0.571. The van der Waals surface area contributed by atoms with Crippen molar-refractivity contribution in [2.45, 2.75) is 39.2 Å². The zero-order chi connectivity index (χ0) is 12.5. The zero-order valence-electron chi connectivity index (χ0n) is 10.4. The fourth-order valence-electron chi connectivity index (χ4n) is 2.10. The normalized spacial score (nSPS) is 17.5. The molecule has 1 nitrogen and oxygen atoms in total. The van der Waals surface area contributed by atoms with Crippen LogP contribution in [0.15, 0.2) is 18.2 Å². The number of halogens is 2. The smallest absolute Gasteiger partial charge is 0.144 e. The minimum atomic E-state index is -0.245. The van der Waals surface area contributed by atoms with E-state index in [0.717, 1.165) is 18.5 Å². The SMILES string of the molecule is CC(C)NCC1(Cc2cccc(Cl)c2F)CC1. The van der Waals surface area contributed by atoms with E-state index in [-0.39, 0.29) is 16.3 Å². The van der Waals surface area contributed by atoms with Gasteiger partial charge in [0.25, 0.3) is 0 Å². The van der Waals surface area contributed by atoms with Gasteiger partial charge in [-0.3, -0.25) is 0 Å². The highest BCUT2D eigenvalue weighted by atomic mass is 35.5.